The highest BCUT2D eigenvalue weighted by Crippen LogP contribution is 2.12. The Morgan fingerprint density at radius 3 is 2.21 bits per heavy atom. The molecule has 1 unspecified atom stereocenters. The summed E-state index contributed by atoms with van der Waals surface area (Å²) in [5.41, 5.74) is -0.112. The molecule has 0 aromatic rings. The van der Waals surface area contributed by atoms with Gasteiger partial charge in [-0.25, -0.2) is 0 Å². The maximum absolute atomic E-state index is 9.36. The molecule has 0 aromatic heterocycles. The number of nitrogens with one attached hydrogen (secondary N) is 1. The molecular formula is C15H33N3O. The standard InChI is InChI=1S/C15H33N3O/c1-14(2)12-18-10-8-17(9-11-18)7-5-6-15(3,13-19)16-4/h14,16,19H,5-13H2,1-4H3. The largest absolute Gasteiger partial charge is 0.394 e. The van der Waals surface area contributed by atoms with Crippen molar-refractivity contribution in [2.45, 2.75) is 39.2 Å². The third kappa shape index (κ3) is 6.21. The quantitative estimate of drug-likeness (QED) is 0.691. The Labute approximate surface area is 119 Å². The van der Waals surface area contributed by atoms with E-state index >= 15 is 0 Å². The number of nitrogens with zero attached hydrogens (tertiary/aromatic N) is 2. The van der Waals surface area contributed by atoms with E-state index in [-0.39, 0.29) is 12.1 Å². The molecule has 1 fully saturated rings. The van der Waals surface area contributed by atoms with Crippen LogP contribution in [-0.4, -0.2) is 73.4 Å². The van der Waals surface area contributed by atoms with Crippen LogP contribution in [0, 0.1) is 5.92 Å². The van der Waals surface area contributed by atoms with Crippen LogP contribution in [0.4, 0.5) is 0 Å². The van der Waals surface area contributed by atoms with Crippen molar-refractivity contribution in [2.75, 3.05) is 52.9 Å². The van der Waals surface area contributed by atoms with E-state index in [1.807, 2.05) is 7.05 Å². The van der Waals surface area contributed by atoms with Crippen molar-refractivity contribution >= 4 is 0 Å². The molecule has 4 nitrogen and oxygen atoms in total. The summed E-state index contributed by atoms with van der Waals surface area (Å²) in [5, 5.41) is 12.6. The van der Waals surface area contributed by atoms with Crippen LogP contribution in [0.15, 0.2) is 0 Å². The van der Waals surface area contributed by atoms with Gasteiger partial charge in [0, 0.05) is 38.3 Å². The van der Waals surface area contributed by atoms with Crippen molar-refractivity contribution in [1.82, 2.24) is 15.1 Å². The maximum atomic E-state index is 9.36. The lowest BCUT2D eigenvalue weighted by atomic mass is 9.97. The van der Waals surface area contributed by atoms with Gasteiger partial charge in [0.25, 0.3) is 0 Å². The van der Waals surface area contributed by atoms with Gasteiger partial charge in [-0.3, -0.25) is 0 Å². The highest BCUT2D eigenvalue weighted by molar-refractivity contribution is 4.81. The predicted octanol–water partition coefficient (Wildman–Crippen LogP) is 1.01. The lowest BCUT2D eigenvalue weighted by molar-refractivity contribution is 0.114. The Balaban J connectivity index is 2.16. The van der Waals surface area contributed by atoms with Crippen LogP contribution in [0.2, 0.25) is 0 Å². The molecule has 1 atom stereocenters. The van der Waals surface area contributed by atoms with Crippen LogP contribution in [-0.2, 0) is 0 Å². The molecule has 0 aliphatic carbocycles. The number of hydrogen-bond acceptors (Lipinski definition) is 4. The molecule has 19 heavy (non-hydrogen) atoms. The predicted molar refractivity (Wildman–Crippen MR) is 81.5 cm³/mol. The summed E-state index contributed by atoms with van der Waals surface area (Å²) in [6, 6.07) is 0. The molecular weight excluding hydrogens is 238 g/mol. The molecule has 0 radical (unpaired) electrons. The maximum Gasteiger partial charge on any atom is 0.0610 e. The van der Waals surface area contributed by atoms with Crippen LogP contribution in [0.5, 0.6) is 0 Å². The second-order valence-electron chi connectivity index (χ2n) is 6.61. The monoisotopic (exact) mass is 271 g/mol. The van der Waals surface area contributed by atoms with Gasteiger partial charge in [0.2, 0.25) is 0 Å². The number of rotatable bonds is 8. The first-order valence-electron chi connectivity index (χ1n) is 7.73. The van der Waals surface area contributed by atoms with E-state index in [0.29, 0.717) is 0 Å². The minimum Gasteiger partial charge on any atom is -0.394 e. The highest BCUT2D eigenvalue weighted by Gasteiger charge is 2.21. The van der Waals surface area contributed by atoms with Gasteiger partial charge >= 0.3 is 0 Å². The lowest BCUT2D eigenvalue weighted by Gasteiger charge is -2.36. The second kappa shape index (κ2) is 8.20. The third-order valence-corrected chi connectivity index (χ3v) is 4.24. The van der Waals surface area contributed by atoms with Gasteiger partial charge in [-0.2, -0.15) is 0 Å². The van der Waals surface area contributed by atoms with Crippen LogP contribution < -0.4 is 5.32 Å². The summed E-state index contributed by atoms with van der Waals surface area (Å²) >= 11 is 0. The Kier molecular flexibility index (Phi) is 7.29. The molecule has 1 aliphatic heterocycles. The summed E-state index contributed by atoms with van der Waals surface area (Å²) in [7, 11) is 1.93. The highest BCUT2D eigenvalue weighted by atomic mass is 16.3. The minimum absolute atomic E-state index is 0.112. The van der Waals surface area contributed by atoms with E-state index < -0.39 is 0 Å². The first-order valence-corrected chi connectivity index (χ1v) is 7.73. The van der Waals surface area contributed by atoms with Crippen molar-refractivity contribution < 1.29 is 5.11 Å². The first kappa shape index (κ1) is 16.9. The summed E-state index contributed by atoms with van der Waals surface area (Å²) in [5.74, 6) is 0.771. The van der Waals surface area contributed by atoms with E-state index in [1.165, 1.54) is 32.7 Å². The van der Waals surface area contributed by atoms with E-state index in [1.54, 1.807) is 0 Å². The van der Waals surface area contributed by atoms with Gasteiger partial charge in [-0.15, -0.1) is 0 Å². The Morgan fingerprint density at radius 1 is 1.16 bits per heavy atom. The van der Waals surface area contributed by atoms with E-state index in [0.717, 1.165) is 25.3 Å². The average molecular weight is 271 g/mol. The van der Waals surface area contributed by atoms with Gasteiger partial charge in [-0.05, 0) is 39.3 Å². The fourth-order valence-corrected chi connectivity index (χ4v) is 2.69. The lowest BCUT2D eigenvalue weighted by Crippen LogP contribution is -2.48. The molecule has 0 saturated carbocycles. The van der Waals surface area contributed by atoms with Crippen molar-refractivity contribution in [2.24, 2.45) is 5.92 Å². The summed E-state index contributed by atoms with van der Waals surface area (Å²) in [6.45, 7) is 14.1. The van der Waals surface area contributed by atoms with Gasteiger partial charge in [0.15, 0.2) is 0 Å². The van der Waals surface area contributed by atoms with E-state index in [9.17, 15) is 5.11 Å². The average Bonchev–Trinajstić information content (AvgIpc) is 2.40. The summed E-state index contributed by atoms with van der Waals surface area (Å²) in [4.78, 5) is 5.14. The fraction of sp³-hybridized carbons (Fsp3) is 1.00. The minimum atomic E-state index is -0.112. The molecule has 0 spiro atoms. The topological polar surface area (TPSA) is 38.7 Å². The Hall–Kier alpha value is -0.160. The number of likely N-dealkylation sites (N-methyl/N-ethyl adjacent to an activating group) is 1. The van der Waals surface area contributed by atoms with Crippen LogP contribution in [0.1, 0.15) is 33.6 Å². The molecule has 1 rings (SSSR count). The molecule has 2 N–H and O–H groups in total. The third-order valence-electron chi connectivity index (χ3n) is 4.24. The van der Waals surface area contributed by atoms with Crippen LogP contribution >= 0.6 is 0 Å². The summed E-state index contributed by atoms with van der Waals surface area (Å²) < 4.78 is 0. The first-order chi connectivity index (χ1) is 8.99. The van der Waals surface area contributed by atoms with E-state index in [2.05, 4.69) is 35.9 Å². The molecule has 0 bridgehead atoms. The Bertz CT molecular complexity index is 234. The van der Waals surface area contributed by atoms with Crippen molar-refractivity contribution in [3.8, 4) is 0 Å². The van der Waals surface area contributed by atoms with Crippen LogP contribution in [0.3, 0.4) is 0 Å². The zero-order valence-corrected chi connectivity index (χ0v) is 13.3. The second-order valence-corrected chi connectivity index (χ2v) is 6.61. The SMILES string of the molecule is CNC(C)(CO)CCCN1CCN(CC(C)C)CC1. The van der Waals surface area contributed by atoms with Crippen molar-refractivity contribution in [3.05, 3.63) is 0 Å². The molecule has 114 valence electrons. The van der Waals surface area contributed by atoms with E-state index in [4.69, 9.17) is 0 Å². The van der Waals surface area contributed by atoms with Gasteiger partial charge < -0.3 is 20.2 Å². The summed E-state index contributed by atoms with van der Waals surface area (Å²) in [6.07, 6.45) is 2.19. The van der Waals surface area contributed by atoms with Crippen LogP contribution in [0.25, 0.3) is 0 Å². The molecule has 0 aromatic carbocycles. The van der Waals surface area contributed by atoms with Gasteiger partial charge in [-0.1, -0.05) is 13.8 Å². The normalized spacial score (nSPS) is 21.8. The molecule has 1 saturated heterocycles. The van der Waals surface area contributed by atoms with Gasteiger partial charge in [0.1, 0.15) is 0 Å². The molecule has 0 amide bonds. The smallest absolute Gasteiger partial charge is 0.0610 e. The van der Waals surface area contributed by atoms with Gasteiger partial charge in [0.05, 0.1) is 6.61 Å². The number of hydrogen-bond donors (Lipinski definition) is 2. The number of piperazine rings is 1. The molecule has 1 heterocycles. The van der Waals surface area contributed by atoms with Crippen molar-refractivity contribution in [1.29, 1.82) is 0 Å². The molecule has 4 heteroatoms. The van der Waals surface area contributed by atoms with Crippen molar-refractivity contribution in [3.63, 3.8) is 0 Å². The fourth-order valence-electron chi connectivity index (χ4n) is 2.69. The number of aliphatic hydroxyl groups is 1. The number of aliphatic hydroxyl groups excluding tert-OH is 1. The molecule has 1 aliphatic rings. The zero-order valence-electron chi connectivity index (χ0n) is 13.3. The zero-order chi connectivity index (χ0) is 14.3. The Morgan fingerprint density at radius 2 is 1.74 bits per heavy atom.